The quantitative estimate of drug-likeness (QED) is 0.507. The lowest BCUT2D eigenvalue weighted by Crippen LogP contribution is -2.37. The molecule has 0 saturated heterocycles. The fourth-order valence-corrected chi connectivity index (χ4v) is 4.30. The first-order valence-corrected chi connectivity index (χ1v) is 11.1. The Labute approximate surface area is 190 Å². The molecule has 32 heavy (non-hydrogen) atoms. The highest BCUT2D eigenvalue weighted by molar-refractivity contribution is 8.00. The fraction of sp³-hybridized carbons (Fsp3) is 0.304. The summed E-state index contributed by atoms with van der Waals surface area (Å²) in [4.78, 5) is 14.9. The highest BCUT2D eigenvalue weighted by Gasteiger charge is 2.29. The van der Waals surface area contributed by atoms with Gasteiger partial charge in [0.1, 0.15) is 6.61 Å². The SMILES string of the molecule is CC(Sc1nnc(C2COc3ccccc3O2)n1C)C(=O)N(CCC#N)c1ccccc1. The Morgan fingerprint density at radius 1 is 1.22 bits per heavy atom. The molecule has 0 bridgehead atoms. The minimum atomic E-state index is -0.422. The van der Waals surface area contributed by atoms with Crippen LogP contribution >= 0.6 is 11.8 Å². The van der Waals surface area contributed by atoms with Crippen molar-refractivity contribution in [3.63, 3.8) is 0 Å². The molecular formula is C23H23N5O3S. The molecule has 1 aliphatic rings. The van der Waals surface area contributed by atoms with Crippen LogP contribution in [0.2, 0.25) is 0 Å². The number of carbonyl (C=O) groups is 1. The Kier molecular flexibility index (Phi) is 6.61. The summed E-state index contributed by atoms with van der Waals surface area (Å²) in [6.07, 6.45) is -0.133. The molecule has 1 aliphatic heterocycles. The van der Waals surface area contributed by atoms with Crippen molar-refractivity contribution in [2.24, 2.45) is 7.05 Å². The van der Waals surface area contributed by atoms with Crippen molar-refractivity contribution in [3.8, 4) is 17.6 Å². The summed E-state index contributed by atoms with van der Waals surface area (Å²) in [5.74, 6) is 1.91. The molecule has 1 aromatic heterocycles. The first kappa shape index (κ1) is 21.7. The van der Waals surface area contributed by atoms with Gasteiger partial charge in [-0.2, -0.15) is 5.26 Å². The van der Waals surface area contributed by atoms with Gasteiger partial charge >= 0.3 is 0 Å². The number of carbonyl (C=O) groups excluding carboxylic acids is 1. The third-order valence-corrected chi connectivity index (χ3v) is 6.20. The van der Waals surface area contributed by atoms with E-state index in [0.29, 0.717) is 35.6 Å². The normalized spacial score (nSPS) is 15.6. The molecular weight excluding hydrogens is 426 g/mol. The number of hydrogen-bond donors (Lipinski definition) is 0. The van der Waals surface area contributed by atoms with Gasteiger partial charge in [-0.25, -0.2) is 0 Å². The van der Waals surface area contributed by atoms with Crippen molar-refractivity contribution < 1.29 is 14.3 Å². The van der Waals surface area contributed by atoms with Gasteiger partial charge in [0, 0.05) is 19.3 Å². The Bertz CT molecular complexity index is 1130. The summed E-state index contributed by atoms with van der Waals surface area (Å²) in [7, 11) is 1.85. The zero-order valence-corrected chi connectivity index (χ0v) is 18.7. The molecule has 0 fully saturated rings. The number of fused-ring (bicyclic) bond motifs is 1. The Hall–Kier alpha value is -3.51. The largest absolute Gasteiger partial charge is 0.485 e. The monoisotopic (exact) mass is 449 g/mol. The number of nitrogens with zero attached hydrogens (tertiary/aromatic N) is 5. The predicted octanol–water partition coefficient (Wildman–Crippen LogP) is 3.76. The third kappa shape index (κ3) is 4.55. The summed E-state index contributed by atoms with van der Waals surface area (Å²) in [5.41, 5.74) is 0.769. The van der Waals surface area contributed by atoms with Crippen LogP contribution < -0.4 is 14.4 Å². The predicted molar refractivity (Wildman–Crippen MR) is 121 cm³/mol. The number of benzene rings is 2. The van der Waals surface area contributed by atoms with Crippen molar-refractivity contribution in [2.45, 2.75) is 29.9 Å². The van der Waals surface area contributed by atoms with E-state index in [0.717, 1.165) is 5.69 Å². The second-order valence-electron chi connectivity index (χ2n) is 7.26. The molecule has 2 aromatic carbocycles. The fourth-order valence-electron chi connectivity index (χ4n) is 3.42. The van der Waals surface area contributed by atoms with Gasteiger partial charge in [-0.05, 0) is 31.2 Å². The topological polar surface area (TPSA) is 93.3 Å². The summed E-state index contributed by atoms with van der Waals surface area (Å²) in [5, 5.41) is 17.8. The molecule has 4 rings (SSSR count). The van der Waals surface area contributed by atoms with Crippen molar-refractivity contribution >= 4 is 23.4 Å². The Balaban J connectivity index is 1.48. The molecule has 2 unspecified atom stereocenters. The van der Waals surface area contributed by atoms with Gasteiger partial charge in [0.25, 0.3) is 0 Å². The molecule has 2 heterocycles. The van der Waals surface area contributed by atoms with Gasteiger partial charge in [-0.15, -0.1) is 10.2 Å². The molecule has 0 spiro atoms. The van der Waals surface area contributed by atoms with Gasteiger partial charge in [0.05, 0.1) is 17.7 Å². The van der Waals surface area contributed by atoms with Crippen LogP contribution in [0.3, 0.4) is 0 Å². The standard InChI is InChI=1S/C23H23N5O3S/c1-16(22(29)28(14-8-13-24)17-9-4-3-5-10-17)32-23-26-25-21(27(23)2)20-15-30-18-11-6-7-12-19(18)31-20/h3-7,9-12,16,20H,8,14-15H2,1-2H3. The second-order valence-corrected chi connectivity index (χ2v) is 8.57. The lowest BCUT2D eigenvalue weighted by molar-refractivity contribution is -0.117. The molecule has 2 atom stereocenters. The summed E-state index contributed by atoms with van der Waals surface area (Å²) < 4.78 is 13.7. The number of amides is 1. The minimum Gasteiger partial charge on any atom is -0.485 e. The zero-order valence-electron chi connectivity index (χ0n) is 17.8. The van der Waals surface area contributed by atoms with Crippen molar-refractivity contribution in [1.82, 2.24) is 14.8 Å². The number of thioether (sulfide) groups is 1. The zero-order chi connectivity index (χ0) is 22.5. The molecule has 9 heteroatoms. The van der Waals surface area contributed by atoms with Crippen LogP contribution in [0.1, 0.15) is 25.3 Å². The highest BCUT2D eigenvalue weighted by atomic mass is 32.2. The average molecular weight is 450 g/mol. The first-order valence-electron chi connectivity index (χ1n) is 10.3. The minimum absolute atomic E-state index is 0.0906. The lowest BCUT2D eigenvalue weighted by Gasteiger charge is -2.26. The second kappa shape index (κ2) is 9.75. The van der Waals surface area contributed by atoms with Crippen molar-refractivity contribution in [3.05, 3.63) is 60.4 Å². The maximum atomic E-state index is 13.2. The Morgan fingerprint density at radius 3 is 2.69 bits per heavy atom. The van der Waals surface area contributed by atoms with E-state index in [9.17, 15) is 4.79 Å². The van der Waals surface area contributed by atoms with Gasteiger partial charge in [-0.1, -0.05) is 42.1 Å². The van der Waals surface area contributed by atoms with Crippen LogP contribution in [0.4, 0.5) is 5.69 Å². The smallest absolute Gasteiger partial charge is 0.240 e. The maximum absolute atomic E-state index is 13.2. The molecule has 0 radical (unpaired) electrons. The summed E-state index contributed by atoms with van der Waals surface area (Å²) in [6, 6.07) is 19.0. The van der Waals surface area contributed by atoms with E-state index in [1.165, 1.54) is 11.8 Å². The van der Waals surface area contributed by atoms with E-state index in [1.807, 2.05) is 73.1 Å². The van der Waals surface area contributed by atoms with E-state index in [2.05, 4.69) is 16.3 Å². The van der Waals surface area contributed by atoms with Gasteiger partial charge in [0.15, 0.2) is 28.6 Å². The third-order valence-electron chi connectivity index (χ3n) is 5.08. The van der Waals surface area contributed by atoms with E-state index in [4.69, 9.17) is 14.7 Å². The van der Waals surface area contributed by atoms with Crippen LogP contribution in [0.25, 0.3) is 0 Å². The molecule has 0 N–H and O–H groups in total. The number of para-hydroxylation sites is 3. The Morgan fingerprint density at radius 2 is 1.94 bits per heavy atom. The number of ether oxygens (including phenoxy) is 2. The maximum Gasteiger partial charge on any atom is 0.240 e. The van der Waals surface area contributed by atoms with E-state index in [-0.39, 0.29) is 18.4 Å². The van der Waals surface area contributed by atoms with Gasteiger partial charge in [-0.3, -0.25) is 4.79 Å². The summed E-state index contributed by atoms with van der Waals surface area (Å²) in [6.45, 7) is 2.50. The number of rotatable bonds is 7. The lowest BCUT2D eigenvalue weighted by atomic mass is 10.2. The molecule has 164 valence electrons. The van der Waals surface area contributed by atoms with E-state index >= 15 is 0 Å². The molecule has 0 aliphatic carbocycles. The van der Waals surface area contributed by atoms with E-state index < -0.39 is 5.25 Å². The number of aromatic nitrogens is 3. The van der Waals surface area contributed by atoms with E-state index in [1.54, 1.807) is 4.90 Å². The summed E-state index contributed by atoms with van der Waals surface area (Å²) >= 11 is 1.32. The highest BCUT2D eigenvalue weighted by Crippen LogP contribution is 2.36. The number of anilines is 1. The van der Waals surface area contributed by atoms with Crippen molar-refractivity contribution in [2.75, 3.05) is 18.1 Å². The van der Waals surface area contributed by atoms with Gasteiger partial charge < -0.3 is 18.9 Å². The van der Waals surface area contributed by atoms with Crippen LogP contribution in [0, 0.1) is 11.3 Å². The molecule has 8 nitrogen and oxygen atoms in total. The van der Waals surface area contributed by atoms with Crippen molar-refractivity contribution in [1.29, 1.82) is 5.26 Å². The number of hydrogen-bond acceptors (Lipinski definition) is 7. The molecule has 0 saturated carbocycles. The first-order chi connectivity index (χ1) is 15.6. The molecule has 3 aromatic rings. The average Bonchev–Trinajstić information content (AvgIpc) is 3.19. The van der Waals surface area contributed by atoms with Crippen LogP contribution in [-0.2, 0) is 11.8 Å². The van der Waals surface area contributed by atoms with Crippen LogP contribution in [0.15, 0.2) is 59.8 Å². The van der Waals surface area contributed by atoms with Crippen LogP contribution in [0.5, 0.6) is 11.5 Å². The number of nitriles is 1. The van der Waals surface area contributed by atoms with Gasteiger partial charge in [0.2, 0.25) is 5.91 Å². The molecule has 1 amide bonds. The van der Waals surface area contributed by atoms with Crippen LogP contribution in [-0.4, -0.2) is 39.1 Å².